The number of hydrogen-bond acceptors (Lipinski definition) is 3. The van der Waals surface area contributed by atoms with Gasteiger partial charge in [0.25, 0.3) is 5.91 Å². The molecular formula is C18H16ClN3O. The van der Waals surface area contributed by atoms with Gasteiger partial charge in [-0.2, -0.15) is 5.26 Å². The number of halogens is 1. The normalized spacial score (nSPS) is 10.7. The molecule has 0 saturated heterocycles. The quantitative estimate of drug-likeness (QED) is 0.649. The van der Waals surface area contributed by atoms with Crippen molar-refractivity contribution < 1.29 is 4.79 Å². The van der Waals surface area contributed by atoms with E-state index < -0.39 is 5.91 Å². The highest BCUT2D eigenvalue weighted by molar-refractivity contribution is 6.30. The van der Waals surface area contributed by atoms with Crippen LogP contribution < -0.4 is 10.6 Å². The van der Waals surface area contributed by atoms with Gasteiger partial charge < -0.3 is 10.6 Å². The molecular weight excluding hydrogens is 310 g/mol. The fraction of sp³-hybridized carbons (Fsp3) is 0.111. The third kappa shape index (κ3) is 5.17. The average Bonchev–Trinajstić information content (AvgIpc) is 2.55. The Bertz CT molecular complexity index is 743. The highest BCUT2D eigenvalue weighted by Gasteiger charge is 2.08. The van der Waals surface area contributed by atoms with E-state index >= 15 is 0 Å². The molecule has 0 radical (unpaired) electrons. The van der Waals surface area contributed by atoms with Crippen LogP contribution in [0.4, 0.5) is 5.69 Å². The standard InChI is InChI=1S/C18H16ClN3O/c1-13-2-8-17(9-3-13)22-18(23)15(10-20)12-21-11-14-4-6-16(19)7-5-14/h2-9,12,21H,11H2,1H3,(H,22,23)/b15-12-. The summed E-state index contributed by atoms with van der Waals surface area (Å²) >= 11 is 5.82. The largest absolute Gasteiger partial charge is 0.386 e. The predicted molar refractivity (Wildman–Crippen MR) is 91.8 cm³/mol. The summed E-state index contributed by atoms with van der Waals surface area (Å²) in [6.07, 6.45) is 1.41. The number of carbonyl (C=O) groups is 1. The van der Waals surface area contributed by atoms with Gasteiger partial charge in [-0.3, -0.25) is 4.79 Å². The zero-order valence-corrected chi connectivity index (χ0v) is 13.4. The van der Waals surface area contributed by atoms with Gasteiger partial charge in [0.1, 0.15) is 11.6 Å². The van der Waals surface area contributed by atoms with E-state index in [2.05, 4.69) is 10.6 Å². The Kier molecular flexibility index (Phi) is 5.79. The van der Waals surface area contributed by atoms with Gasteiger partial charge in [0.2, 0.25) is 0 Å². The van der Waals surface area contributed by atoms with Gasteiger partial charge in [0.05, 0.1) is 0 Å². The van der Waals surface area contributed by atoms with Gasteiger partial charge in [-0.15, -0.1) is 0 Å². The molecule has 23 heavy (non-hydrogen) atoms. The van der Waals surface area contributed by atoms with Crippen LogP contribution in [0.1, 0.15) is 11.1 Å². The zero-order chi connectivity index (χ0) is 16.7. The lowest BCUT2D eigenvalue weighted by atomic mass is 10.2. The summed E-state index contributed by atoms with van der Waals surface area (Å²) in [6, 6.07) is 16.6. The van der Waals surface area contributed by atoms with E-state index in [1.165, 1.54) is 6.20 Å². The second-order valence-corrected chi connectivity index (χ2v) is 5.43. The van der Waals surface area contributed by atoms with Crippen LogP contribution in [0.5, 0.6) is 0 Å². The molecule has 0 heterocycles. The van der Waals surface area contributed by atoms with Crippen LogP contribution >= 0.6 is 11.6 Å². The Labute approximate surface area is 140 Å². The minimum absolute atomic E-state index is 0.0135. The first-order valence-electron chi connectivity index (χ1n) is 7.04. The second-order valence-electron chi connectivity index (χ2n) is 5.00. The number of rotatable bonds is 5. The maximum atomic E-state index is 12.1. The maximum absolute atomic E-state index is 12.1. The maximum Gasteiger partial charge on any atom is 0.267 e. The molecule has 0 unspecified atom stereocenters. The van der Waals surface area contributed by atoms with Crippen molar-refractivity contribution in [3.63, 3.8) is 0 Å². The number of aryl methyl sites for hydroxylation is 1. The number of carbonyl (C=O) groups excluding carboxylic acids is 1. The van der Waals surface area contributed by atoms with E-state index in [0.717, 1.165) is 11.1 Å². The number of nitrogens with one attached hydrogen (secondary N) is 2. The number of anilines is 1. The highest BCUT2D eigenvalue weighted by Crippen LogP contribution is 2.11. The van der Waals surface area contributed by atoms with Crippen LogP contribution in [-0.2, 0) is 11.3 Å². The van der Waals surface area contributed by atoms with Crippen LogP contribution in [0.15, 0.2) is 60.3 Å². The molecule has 2 aromatic rings. The van der Waals surface area contributed by atoms with Crippen LogP contribution in [0, 0.1) is 18.3 Å². The molecule has 0 spiro atoms. The molecule has 0 fully saturated rings. The minimum atomic E-state index is -0.444. The fourth-order valence-electron chi connectivity index (χ4n) is 1.86. The van der Waals surface area contributed by atoms with Crippen LogP contribution in [0.25, 0.3) is 0 Å². The van der Waals surface area contributed by atoms with Crippen molar-refractivity contribution in [2.45, 2.75) is 13.5 Å². The number of nitrogens with zero attached hydrogens (tertiary/aromatic N) is 1. The smallest absolute Gasteiger partial charge is 0.267 e. The van der Waals surface area contributed by atoms with Gasteiger partial charge in [-0.1, -0.05) is 41.4 Å². The highest BCUT2D eigenvalue weighted by atomic mass is 35.5. The molecule has 5 heteroatoms. The third-order valence-electron chi connectivity index (χ3n) is 3.14. The van der Waals surface area contributed by atoms with Crippen molar-refractivity contribution in [1.29, 1.82) is 5.26 Å². The molecule has 2 aromatic carbocycles. The molecule has 0 bridgehead atoms. The third-order valence-corrected chi connectivity index (χ3v) is 3.39. The summed E-state index contributed by atoms with van der Waals surface area (Å²) < 4.78 is 0. The number of benzene rings is 2. The first-order chi connectivity index (χ1) is 11.1. The Morgan fingerprint density at radius 2 is 1.83 bits per heavy atom. The van der Waals surface area contributed by atoms with Crippen LogP contribution in [-0.4, -0.2) is 5.91 Å². The van der Waals surface area contributed by atoms with Crippen molar-refractivity contribution in [1.82, 2.24) is 5.32 Å². The number of hydrogen-bond donors (Lipinski definition) is 2. The van der Waals surface area contributed by atoms with E-state index in [0.29, 0.717) is 17.3 Å². The summed E-state index contributed by atoms with van der Waals surface area (Å²) in [5.41, 5.74) is 2.77. The van der Waals surface area contributed by atoms with Gasteiger partial charge >= 0.3 is 0 Å². The lowest BCUT2D eigenvalue weighted by Gasteiger charge is -2.06. The van der Waals surface area contributed by atoms with Gasteiger partial charge in [-0.25, -0.2) is 0 Å². The average molecular weight is 326 g/mol. The summed E-state index contributed by atoms with van der Waals surface area (Å²) in [5, 5.41) is 15.4. The van der Waals surface area contributed by atoms with Crippen molar-refractivity contribution in [3.05, 3.63) is 76.5 Å². The molecule has 2 N–H and O–H groups in total. The van der Waals surface area contributed by atoms with Crippen molar-refractivity contribution in [2.75, 3.05) is 5.32 Å². The lowest BCUT2D eigenvalue weighted by Crippen LogP contribution is -2.16. The van der Waals surface area contributed by atoms with Gasteiger partial charge in [0.15, 0.2) is 0 Å². The molecule has 0 aliphatic heterocycles. The molecule has 1 amide bonds. The SMILES string of the molecule is Cc1ccc(NC(=O)/C(C#N)=C\NCc2ccc(Cl)cc2)cc1. The summed E-state index contributed by atoms with van der Waals surface area (Å²) in [4.78, 5) is 12.1. The molecule has 0 atom stereocenters. The molecule has 2 rings (SSSR count). The monoisotopic (exact) mass is 325 g/mol. The number of nitriles is 1. The first-order valence-corrected chi connectivity index (χ1v) is 7.42. The molecule has 4 nitrogen and oxygen atoms in total. The Morgan fingerprint density at radius 1 is 1.17 bits per heavy atom. The summed E-state index contributed by atoms with van der Waals surface area (Å²) in [5.74, 6) is -0.444. The van der Waals surface area contributed by atoms with Crippen molar-refractivity contribution in [2.24, 2.45) is 0 Å². The molecule has 116 valence electrons. The Hall–Kier alpha value is -2.77. The molecule has 0 aromatic heterocycles. The minimum Gasteiger partial charge on any atom is -0.386 e. The Balaban J connectivity index is 1.95. The number of amides is 1. The zero-order valence-electron chi connectivity index (χ0n) is 12.6. The van der Waals surface area contributed by atoms with E-state index in [9.17, 15) is 4.79 Å². The fourth-order valence-corrected chi connectivity index (χ4v) is 1.98. The van der Waals surface area contributed by atoms with Crippen LogP contribution in [0.2, 0.25) is 5.02 Å². The van der Waals surface area contributed by atoms with E-state index in [-0.39, 0.29) is 5.57 Å². The summed E-state index contributed by atoms with van der Waals surface area (Å²) in [7, 11) is 0. The second kappa shape index (κ2) is 8.02. The molecule has 0 aliphatic rings. The van der Waals surface area contributed by atoms with E-state index in [1.807, 2.05) is 37.3 Å². The molecule has 0 aliphatic carbocycles. The Morgan fingerprint density at radius 3 is 2.43 bits per heavy atom. The predicted octanol–water partition coefficient (Wildman–Crippen LogP) is 3.78. The molecule has 0 saturated carbocycles. The van der Waals surface area contributed by atoms with Gasteiger partial charge in [-0.05, 0) is 36.8 Å². The van der Waals surface area contributed by atoms with E-state index in [1.54, 1.807) is 24.3 Å². The van der Waals surface area contributed by atoms with E-state index in [4.69, 9.17) is 16.9 Å². The topological polar surface area (TPSA) is 64.9 Å². The van der Waals surface area contributed by atoms with Gasteiger partial charge in [0, 0.05) is 23.5 Å². The van der Waals surface area contributed by atoms with Crippen molar-refractivity contribution >= 4 is 23.2 Å². The lowest BCUT2D eigenvalue weighted by molar-refractivity contribution is -0.112. The summed E-state index contributed by atoms with van der Waals surface area (Å²) in [6.45, 7) is 2.47. The van der Waals surface area contributed by atoms with Crippen LogP contribution in [0.3, 0.4) is 0 Å². The van der Waals surface area contributed by atoms with Crippen molar-refractivity contribution in [3.8, 4) is 6.07 Å². The first kappa shape index (κ1) is 16.6.